The number of likely N-dealkylation sites (tertiary alicyclic amines) is 1. The highest BCUT2D eigenvalue weighted by molar-refractivity contribution is 7.17. The van der Waals surface area contributed by atoms with Gasteiger partial charge in [0.1, 0.15) is 5.82 Å². The number of benzene rings is 1. The van der Waals surface area contributed by atoms with Crippen LogP contribution in [-0.4, -0.2) is 70.0 Å². The van der Waals surface area contributed by atoms with Crippen molar-refractivity contribution in [1.82, 2.24) is 14.8 Å². The third kappa shape index (κ3) is 3.76. The van der Waals surface area contributed by atoms with Crippen molar-refractivity contribution in [3.63, 3.8) is 0 Å². The molecule has 2 atom stereocenters. The van der Waals surface area contributed by atoms with E-state index >= 15 is 0 Å². The summed E-state index contributed by atoms with van der Waals surface area (Å²) in [6.45, 7) is 2.81. The summed E-state index contributed by atoms with van der Waals surface area (Å²) >= 11 is 1.76. The fraction of sp³-hybridized carbons (Fsp3) is 0.346. The zero-order chi connectivity index (χ0) is 23.2. The van der Waals surface area contributed by atoms with Crippen molar-refractivity contribution in [3.05, 3.63) is 65.3 Å². The number of aromatic nitrogens is 1. The molecule has 0 spiro atoms. The molecule has 1 aromatic carbocycles. The zero-order valence-electron chi connectivity index (χ0n) is 18.8. The Morgan fingerprint density at radius 3 is 2.65 bits per heavy atom. The first kappa shape index (κ1) is 21.3. The summed E-state index contributed by atoms with van der Waals surface area (Å²) in [5.74, 6) is 0.0278. The van der Waals surface area contributed by atoms with Crippen LogP contribution in [0.4, 0.5) is 5.82 Å². The SMILES string of the molecule is O=C(O)c1ccc(N2C3CCC2CN(CC(=O)N2C=C(c4cccc5ccsc45)CC2)C3)nc1. The summed E-state index contributed by atoms with van der Waals surface area (Å²) in [4.78, 5) is 35.2. The van der Waals surface area contributed by atoms with Crippen LogP contribution in [0.25, 0.3) is 15.7 Å². The summed E-state index contributed by atoms with van der Waals surface area (Å²) in [7, 11) is 0. The van der Waals surface area contributed by atoms with Gasteiger partial charge in [0.15, 0.2) is 0 Å². The highest BCUT2D eigenvalue weighted by Crippen LogP contribution is 2.35. The third-order valence-electron chi connectivity index (χ3n) is 7.26. The predicted molar refractivity (Wildman–Crippen MR) is 133 cm³/mol. The molecule has 3 aliphatic heterocycles. The maximum Gasteiger partial charge on any atom is 0.337 e. The summed E-state index contributed by atoms with van der Waals surface area (Å²) in [5, 5.41) is 12.5. The predicted octanol–water partition coefficient (Wildman–Crippen LogP) is 3.92. The minimum Gasteiger partial charge on any atom is -0.478 e. The van der Waals surface area contributed by atoms with Gasteiger partial charge in [0.05, 0.1) is 12.1 Å². The van der Waals surface area contributed by atoms with Gasteiger partial charge in [0, 0.05) is 48.8 Å². The number of hydrogen-bond donors (Lipinski definition) is 1. The van der Waals surface area contributed by atoms with Crippen LogP contribution in [0.2, 0.25) is 0 Å². The van der Waals surface area contributed by atoms with E-state index in [0.29, 0.717) is 18.6 Å². The minimum atomic E-state index is -0.962. The summed E-state index contributed by atoms with van der Waals surface area (Å²) in [6, 6.07) is 12.6. The monoisotopic (exact) mass is 474 g/mol. The Balaban J connectivity index is 1.12. The quantitative estimate of drug-likeness (QED) is 0.604. The number of anilines is 1. The number of carboxylic acids is 1. The van der Waals surface area contributed by atoms with Crippen LogP contribution in [0.1, 0.15) is 35.2 Å². The van der Waals surface area contributed by atoms with E-state index in [1.54, 1.807) is 23.5 Å². The second-order valence-electron chi connectivity index (χ2n) is 9.33. The number of rotatable bonds is 5. The van der Waals surface area contributed by atoms with Crippen molar-refractivity contribution in [3.8, 4) is 0 Å². The molecule has 7 nitrogen and oxygen atoms in total. The summed E-state index contributed by atoms with van der Waals surface area (Å²) < 4.78 is 1.29. The molecule has 6 rings (SSSR count). The number of amides is 1. The maximum atomic E-state index is 13.2. The zero-order valence-corrected chi connectivity index (χ0v) is 19.6. The molecule has 2 fully saturated rings. The van der Waals surface area contributed by atoms with Crippen molar-refractivity contribution >= 4 is 44.7 Å². The molecule has 3 aromatic rings. The van der Waals surface area contributed by atoms with Crippen LogP contribution < -0.4 is 4.90 Å². The first-order valence-electron chi connectivity index (χ1n) is 11.7. The molecule has 2 aromatic heterocycles. The van der Waals surface area contributed by atoms with Gasteiger partial charge in [-0.2, -0.15) is 0 Å². The number of carbonyl (C=O) groups is 2. The lowest BCUT2D eigenvalue weighted by Gasteiger charge is -2.41. The number of thiophene rings is 1. The molecule has 34 heavy (non-hydrogen) atoms. The number of nitrogens with zero attached hydrogens (tertiary/aromatic N) is 4. The number of pyridine rings is 1. The molecular formula is C26H26N4O3S. The first-order chi connectivity index (χ1) is 16.6. The molecule has 8 heteroatoms. The van der Waals surface area contributed by atoms with Crippen molar-refractivity contribution in [2.24, 2.45) is 0 Å². The Morgan fingerprint density at radius 2 is 1.91 bits per heavy atom. The molecule has 2 unspecified atom stereocenters. The van der Waals surface area contributed by atoms with Gasteiger partial charge in [-0.1, -0.05) is 18.2 Å². The maximum absolute atomic E-state index is 13.2. The number of carboxylic acid groups (broad SMARTS) is 1. The highest BCUT2D eigenvalue weighted by Gasteiger charge is 2.41. The molecule has 2 bridgehead atoms. The normalized spacial score (nSPS) is 22.4. The molecule has 1 N–H and O–H groups in total. The Hall–Kier alpha value is -3.23. The largest absolute Gasteiger partial charge is 0.478 e. The number of fused-ring (bicyclic) bond motifs is 3. The van der Waals surface area contributed by atoms with E-state index in [1.807, 2.05) is 4.90 Å². The van der Waals surface area contributed by atoms with Gasteiger partial charge in [-0.25, -0.2) is 9.78 Å². The Labute approximate surface area is 201 Å². The molecule has 174 valence electrons. The Bertz CT molecular complexity index is 1270. The van der Waals surface area contributed by atoms with E-state index in [2.05, 4.69) is 50.6 Å². The minimum absolute atomic E-state index is 0.158. The number of aromatic carboxylic acids is 1. The second kappa shape index (κ2) is 8.52. The molecule has 0 radical (unpaired) electrons. The van der Waals surface area contributed by atoms with Gasteiger partial charge in [0.2, 0.25) is 5.91 Å². The summed E-state index contributed by atoms with van der Waals surface area (Å²) in [5.41, 5.74) is 2.69. The van der Waals surface area contributed by atoms with Crippen LogP contribution in [-0.2, 0) is 4.79 Å². The van der Waals surface area contributed by atoms with Crippen LogP contribution in [0, 0.1) is 0 Å². The standard InChI is InChI=1S/C26H26N4O3S/c31-24(29-10-8-19(13-29)22-3-1-2-17-9-11-34-25(17)22)16-28-14-20-5-6-21(15-28)30(20)23-7-4-18(12-27-23)26(32)33/h1-4,7,9,11-13,20-21H,5-6,8,10,14-16H2,(H,32,33). The van der Waals surface area contributed by atoms with Gasteiger partial charge >= 0.3 is 5.97 Å². The molecule has 2 saturated heterocycles. The Kier molecular flexibility index (Phi) is 5.34. The lowest BCUT2D eigenvalue weighted by atomic mass is 10.0. The van der Waals surface area contributed by atoms with E-state index in [-0.39, 0.29) is 11.5 Å². The second-order valence-corrected chi connectivity index (χ2v) is 10.2. The number of piperazine rings is 1. The molecular weight excluding hydrogens is 448 g/mol. The average Bonchev–Trinajstić information content (AvgIpc) is 3.57. The molecule has 0 saturated carbocycles. The molecule has 0 aliphatic carbocycles. The van der Waals surface area contributed by atoms with E-state index in [4.69, 9.17) is 5.11 Å². The van der Waals surface area contributed by atoms with Gasteiger partial charge < -0.3 is 14.9 Å². The van der Waals surface area contributed by atoms with Crippen molar-refractivity contribution in [2.45, 2.75) is 31.3 Å². The van der Waals surface area contributed by atoms with E-state index in [9.17, 15) is 9.59 Å². The van der Waals surface area contributed by atoms with Crippen LogP contribution in [0.3, 0.4) is 0 Å². The highest BCUT2D eigenvalue weighted by atomic mass is 32.1. The molecule has 5 heterocycles. The average molecular weight is 475 g/mol. The lowest BCUT2D eigenvalue weighted by Crippen LogP contribution is -2.55. The van der Waals surface area contributed by atoms with E-state index in [0.717, 1.165) is 44.7 Å². The van der Waals surface area contributed by atoms with Crippen molar-refractivity contribution in [1.29, 1.82) is 0 Å². The first-order valence-corrected chi connectivity index (χ1v) is 12.6. The van der Waals surface area contributed by atoms with Crippen LogP contribution >= 0.6 is 11.3 Å². The fourth-order valence-corrected chi connectivity index (χ4v) is 6.59. The van der Waals surface area contributed by atoms with Gasteiger partial charge in [-0.15, -0.1) is 11.3 Å². The van der Waals surface area contributed by atoms with Crippen LogP contribution in [0.15, 0.2) is 54.2 Å². The third-order valence-corrected chi connectivity index (χ3v) is 8.22. The Morgan fingerprint density at radius 1 is 1.09 bits per heavy atom. The van der Waals surface area contributed by atoms with Gasteiger partial charge in [-0.05, 0) is 59.4 Å². The lowest BCUT2D eigenvalue weighted by molar-refractivity contribution is -0.129. The summed E-state index contributed by atoms with van der Waals surface area (Å²) in [6.07, 6.45) is 6.50. The number of carbonyl (C=O) groups excluding carboxylic acids is 1. The fourth-order valence-electron chi connectivity index (χ4n) is 5.65. The molecule has 3 aliphatic rings. The van der Waals surface area contributed by atoms with E-state index in [1.165, 1.54) is 27.4 Å². The topological polar surface area (TPSA) is 77.0 Å². The smallest absolute Gasteiger partial charge is 0.337 e. The van der Waals surface area contributed by atoms with Gasteiger partial charge in [-0.3, -0.25) is 9.69 Å². The van der Waals surface area contributed by atoms with Gasteiger partial charge in [0.25, 0.3) is 0 Å². The van der Waals surface area contributed by atoms with Crippen LogP contribution in [0.5, 0.6) is 0 Å². The molecule has 1 amide bonds. The van der Waals surface area contributed by atoms with Crippen molar-refractivity contribution < 1.29 is 14.7 Å². The number of hydrogen-bond acceptors (Lipinski definition) is 6. The van der Waals surface area contributed by atoms with Crippen molar-refractivity contribution in [2.75, 3.05) is 31.1 Å². The van der Waals surface area contributed by atoms with E-state index < -0.39 is 5.97 Å².